The molecule has 1 heterocycles. The van der Waals surface area contributed by atoms with Gasteiger partial charge in [-0.3, -0.25) is 0 Å². The van der Waals surface area contributed by atoms with Gasteiger partial charge < -0.3 is 9.84 Å². The number of carboxylic acids is 1. The van der Waals surface area contributed by atoms with Crippen LogP contribution in [0.2, 0.25) is 0 Å². The molecule has 0 amide bonds. The smallest absolute Gasteiger partial charge is 0.349 e. The molecule has 1 aromatic rings. The van der Waals surface area contributed by atoms with Crippen LogP contribution in [0.15, 0.2) is 6.07 Å². The third kappa shape index (κ3) is 3.00. The molecule has 4 heteroatoms. The number of thiophene rings is 1. The molecule has 17 heavy (non-hydrogen) atoms. The highest BCUT2D eigenvalue weighted by Gasteiger charge is 2.23. The molecule has 94 valence electrons. The van der Waals surface area contributed by atoms with E-state index in [2.05, 4.69) is 6.92 Å². The summed E-state index contributed by atoms with van der Waals surface area (Å²) in [6.07, 6.45) is 4.62. The number of aromatic carboxylic acids is 1. The van der Waals surface area contributed by atoms with Crippen molar-refractivity contribution in [3.8, 4) is 5.75 Å². The Morgan fingerprint density at radius 1 is 1.41 bits per heavy atom. The number of carbonyl (C=O) groups is 1. The van der Waals surface area contributed by atoms with E-state index in [1.54, 1.807) is 0 Å². The van der Waals surface area contributed by atoms with Gasteiger partial charge >= 0.3 is 5.97 Å². The van der Waals surface area contributed by atoms with Gasteiger partial charge in [0.1, 0.15) is 5.75 Å². The first-order valence-electron chi connectivity index (χ1n) is 6.06. The van der Waals surface area contributed by atoms with Crippen LogP contribution in [0.25, 0.3) is 0 Å². The largest absolute Gasteiger partial charge is 0.489 e. The monoisotopic (exact) mass is 254 g/mol. The number of rotatable bonds is 3. The molecule has 0 atom stereocenters. The molecule has 2 rings (SSSR count). The van der Waals surface area contributed by atoms with Crippen molar-refractivity contribution < 1.29 is 14.6 Å². The van der Waals surface area contributed by atoms with E-state index in [0.29, 0.717) is 10.6 Å². The zero-order valence-electron chi connectivity index (χ0n) is 10.2. The summed E-state index contributed by atoms with van der Waals surface area (Å²) in [5, 5.41) is 9.08. The van der Waals surface area contributed by atoms with Gasteiger partial charge in [-0.2, -0.15) is 0 Å². The Morgan fingerprint density at radius 3 is 2.65 bits per heavy atom. The van der Waals surface area contributed by atoms with Gasteiger partial charge in [-0.1, -0.05) is 6.92 Å². The van der Waals surface area contributed by atoms with Gasteiger partial charge in [-0.15, -0.1) is 11.3 Å². The van der Waals surface area contributed by atoms with E-state index in [0.717, 1.165) is 23.6 Å². The minimum absolute atomic E-state index is 0.193. The number of hydrogen-bond acceptors (Lipinski definition) is 3. The van der Waals surface area contributed by atoms with Crippen LogP contribution < -0.4 is 4.74 Å². The highest BCUT2D eigenvalue weighted by atomic mass is 32.1. The topological polar surface area (TPSA) is 46.5 Å². The lowest BCUT2D eigenvalue weighted by atomic mass is 9.89. The van der Waals surface area contributed by atoms with Crippen molar-refractivity contribution in [1.29, 1.82) is 0 Å². The zero-order valence-corrected chi connectivity index (χ0v) is 11.0. The standard InChI is InChI=1S/C13H18O3S/c1-8-3-5-10(6-4-8)16-11-7-9(2)17-12(11)13(14)15/h7-8,10H,3-6H2,1-2H3,(H,14,15). The van der Waals surface area contributed by atoms with E-state index in [9.17, 15) is 4.79 Å². The molecule has 0 unspecified atom stereocenters. The summed E-state index contributed by atoms with van der Waals surface area (Å²) in [7, 11) is 0. The molecule has 0 bridgehead atoms. The quantitative estimate of drug-likeness (QED) is 0.894. The first-order chi connectivity index (χ1) is 8.06. The van der Waals surface area contributed by atoms with Crippen LogP contribution in [-0.4, -0.2) is 17.2 Å². The SMILES string of the molecule is Cc1cc(OC2CCC(C)CC2)c(C(=O)O)s1. The van der Waals surface area contributed by atoms with Crippen LogP contribution in [0, 0.1) is 12.8 Å². The maximum Gasteiger partial charge on any atom is 0.349 e. The first kappa shape index (κ1) is 12.4. The predicted molar refractivity (Wildman–Crippen MR) is 68.1 cm³/mol. The van der Waals surface area contributed by atoms with E-state index in [4.69, 9.17) is 9.84 Å². The summed E-state index contributed by atoms with van der Waals surface area (Å²) >= 11 is 1.29. The third-order valence-electron chi connectivity index (χ3n) is 3.27. The van der Waals surface area contributed by atoms with Crippen molar-refractivity contribution in [1.82, 2.24) is 0 Å². The van der Waals surface area contributed by atoms with Crippen LogP contribution in [0.3, 0.4) is 0 Å². The molecule has 1 aliphatic rings. The summed E-state index contributed by atoms with van der Waals surface area (Å²) in [6, 6.07) is 1.84. The summed E-state index contributed by atoms with van der Waals surface area (Å²) in [5.41, 5.74) is 0. The van der Waals surface area contributed by atoms with Crippen molar-refractivity contribution in [2.45, 2.75) is 45.6 Å². The molecule has 0 aromatic carbocycles. The second-order valence-electron chi connectivity index (χ2n) is 4.86. The Balaban J connectivity index is 2.05. The normalized spacial score (nSPS) is 24.6. The molecule has 0 spiro atoms. The Bertz CT molecular complexity index is 403. The van der Waals surface area contributed by atoms with Crippen LogP contribution in [-0.2, 0) is 0 Å². The zero-order chi connectivity index (χ0) is 12.4. The molecule has 1 fully saturated rings. The minimum atomic E-state index is -0.887. The Morgan fingerprint density at radius 2 is 2.06 bits per heavy atom. The average molecular weight is 254 g/mol. The lowest BCUT2D eigenvalue weighted by Gasteiger charge is -2.26. The van der Waals surface area contributed by atoms with Crippen molar-refractivity contribution in [3.63, 3.8) is 0 Å². The molecular weight excluding hydrogens is 236 g/mol. The van der Waals surface area contributed by atoms with Gasteiger partial charge in [0.25, 0.3) is 0 Å². The summed E-state index contributed by atoms with van der Waals surface area (Å²) in [4.78, 5) is 12.4. The molecule has 1 N–H and O–H groups in total. The van der Waals surface area contributed by atoms with Crippen molar-refractivity contribution in [2.75, 3.05) is 0 Å². The fourth-order valence-electron chi connectivity index (χ4n) is 2.25. The van der Waals surface area contributed by atoms with Crippen LogP contribution >= 0.6 is 11.3 Å². The highest BCUT2D eigenvalue weighted by Crippen LogP contribution is 2.33. The van der Waals surface area contributed by atoms with Gasteiger partial charge in [-0.05, 0) is 44.6 Å². The molecule has 1 saturated carbocycles. The van der Waals surface area contributed by atoms with Crippen molar-refractivity contribution in [2.24, 2.45) is 5.92 Å². The predicted octanol–water partition coefficient (Wildman–Crippen LogP) is 3.71. The number of carboxylic acid groups (broad SMARTS) is 1. The van der Waals surface area contributed by atoms with Gasteiger partial charge in [0.05, 0.1) is 6.10 Å². The average Bonchev–Trinajstić information content (AvgIpc) is 2.63. The van der Waals surface area contributed by atoms with Crippen molar-refractivity contribution in [3.05, 3.63) is 15.8 Å². The van der Waals surface area contributed by atoms with E-state index >= 15 is 0 Å². The summed E-state index contributed by atoms with van der Waals surface area (Å²) < 4.78 is 5.85. The fourth-order valence-corrected chi connectivity index (χ4v) is 3.04. The van der Waals surface area contributed by atoms with E-state index in [1.165, 1.54) is 24.2 Å². The Labute approximate surface area is 105 Å². The minimum Gasteiger partial charge on any atom is -0.489 e. The van der Waals surface area contributed by atoms with Crippen LogP contribution in [0.1, 0.15) is 47.2 Å². The third-order valence-corrected chi connectivity index (χ3v) is 4.29. The molecule has 0 saturated heterocycles. The van der Waals surface area contributed by atoms with Gasteiger partial charge in [0, 0.05) is 4.88 Å². The molecule has 0 aliphatic heterocycles. The maximum atomic E-state index is 11.1. The number of hydrogen-bond donors (Lipinski definition) is 1. The second-order valence-corrected chi connectivity index (χ2v) is 6.11. The van der Waals surface area contributed by atoms with Gasteiger partial charge in [-0.25, -0.2) is 4.79 Å². The lowest BCUT2D eigenvalue weighted by molar-refractivity contribution is 0.0690. The van der Waals surface area contributed by atoms with E-state index in [-0.39, 0.29) is 6.10 Å². The Hall–Kier alpha value is -1.03. The van der Waals surface area contributed by atoms with E-state index in [1.807, 2.05) is 13.0 Å². The first-order valence-corrected chi connectivity index (χ1v) is 6.88. The molecule has 1 aromatic heterocycles. The molecular formula is C13H18O3S. The molecule has 1 aliphatic carbocycles. The van der Waals surface area contributed by atoms with Crippen LogP contribution in [0.5, 0.6) is 5.75 Å². The molecule has 0 radical (unpaired) electrons. The van der Waals surface area contributed by atoms with Gasteiger partial charge in [0.15, 0.2) is 4.88 Å². The molecule has 3 nitrogen and oxygen atoms in total. The van der Waals surface area contributed by atoms with Crippen LogP contribution in [0.4, 0.5) is 0 Å². The second kappa shape index (κ2) is 5.08. The highest BCUT2D eigenvalue weighted by molar-refractivity contribution is 7.14. The summed E-state index contributed by atoms with van der Waals surface area (Å²) in [6.45, 7) is 4.17. The lowest BCUT2D eigenvalue weighted by Crippen LogP contribution is -2.23. The fraction of sp³-hybridized carbons (Fsp3) is 0.615. The summed E-state index contributed by atoms with van der Waals surface area (Å²) in [5.74, 6) is 0.444. The van der Waals surface area contributed by atoms with E-state index < -0.39 is 5.97 Å². The van der Waals surface area contributed by atoms with Gasteiger partial charge in [0.2, 0.25) is 0 Å². The number of ether oxygens (including phenoxy) is 1. The number of aryl methyl sites for hydroxylation is 1. The Kier molecular flexibility index (Phi) is 3.72. The maximum absolute atomic E-state index is 11.1. The van der Waals surface area contributed by atoms with Crippen molar-refractivity contribution >= 4 is 17.3 Å².